The number of aromatic hydroxyl groups is 1. The van der Waals surface area contributed by atoms with Crippen molar-refractivity contribution in [1.29, 1.82) is 0 Å². The van der Waals surface area contributed by atoms with Crippen LogP contribution in [0.25, 0.3) is 21.8 Å². The molecule has 2 aromatic heterocycles. The Labute approximate surface area is 764 Å². The number of hydrogen-bond donors (Lipinski definition) is 14. The van der Waals surface area contributed by atoms with E-state index in [0.717, 1.165) is 26.5 Å². The lowest BCUT2D eigenvalue weighted by Crippen LogP contribution is -2.61. The molecule has 11 atom stereocenters. The molecule has 15 N–H and O–H groups in total. The monoisotopic (exact) mass is 1820 g/mol. The Bertz CT molecular complexity index is 5350. The number of benzene rings is 6. The van der Waals surface area contributed by atoms with Gasteiger partial charge in [0.05, 0.1) is 31.8 Å². The number of hydrogen-bond acceptors (Lipinski definition) is 18. The number of phenolic OH excluding ortho intramolecular Hbond substituents is 1. The number of nitrogens with two attached hydrogens (primary N) is 1. The zero-order chi connectivity index (χ0) is 95.3. The Balaban J connectivity index is 1.12. The van der Waals surface area contributed by atoms with Crippen LogP contribution in [0.15, 0.2) is 176 Å². The molecule has 0 unspecified atom stereocenters. The van der Waals surface area contributed by atoms with Gasteiger partial charge in [-0.15, -0.1) is 11.8 Å². The Morgan fingerprint density at radius 1 is 0.450 bits per heavy atom. The van der Waals surface area contributed by atoms with Gasteiger partial charge in [0.2, 0.25) is 88.6 Å². The van der Waals surface area contributed by atoms with Crippen molar-refractivity contribution < 1.29 is 86.9 Å². The minimum atomic E-state index is -1.90. The predicted molar refractivity (Wildman–Crippen MR) is 492 cm³/mol. The number of amides is 15. The SMILES string of the molecule is CCCC[C@H]1C(=O)N(C)CC(=O)N[C@@H](CC(=O)O)C(=O)N[C@@H](C(C)C)C(=O)N(C)[C@@H](Cc2ccccc2)C(=O)N[C@@H](Cc2ccc(O)cc2)C(=O)N(C)CC(=O)N[C@@H](Cc2c[nH]c3ccccc23)C(=O)N[C@@H](Cc2c[nH]c3ccccc23)C(=O)N[C@@H](CC(C)C)C(=O)N[C@H](C(=O)NCC(N)=O)CSCC(=O)N[C@@H](Cc2ccccc2)C(=O)N(C)[C@@H](Cc2ccccc2)C(=O)N1C. The molecule has 1 aliphatic rings. The van der Waals surface area contributed by atoms with Crippen LogP contribution in [-0.2, 0) is 115 Å². The van der Waals surface area contributed by atoms with Crippen LogP contribution < -0.4 is 53.6 Å². The van der Waals surface area contributed by atoms with E-state index in [4.69, 9.17) is 5.73 Å². The van der Waals surface area contributed by atoms with Gasteiger partial charge in [0.15, 0.2) is 0 Å². The van der Waals surface area contributed by atoms with E-state index in [1.807, 2.05) is 6.92 Å². The number of carboxylic acid groups (broad SMARTS) is 1. The first-order valence-corrected chi connectivity index (χ1v) is 44.7. The molecule has 0 bridgehead atoms. The average molecular weight is 1820 g/mol. The molecule has 1 fully saturated rings. The molecule has 1 aliphatic heterocycles. The fourth-order valence-corrected chi connectivity index (χ4v) is 16.5. The van der Waals surface area contributed by atoms with Crippen molar-refractivity contribution in [3.05, 3.63) is 210 Å². The standard InChI is InChI=1S/C95H119N17O18S/c1-11-12-36-76-93(128)109(7)53-81(116)101-72(48-83(118)119)89(124)107-84(57(4)5)95(130)111(9)77(44-59-28-18-14-19-29-59)90(125)105-73(43-61-37-39-64(113)40-38-61)91(126)108(6)52-80(115)100-70(46-62-49-97-67-34-24-22-32-65(62)67)87(122)104-71(47-63-50-98-68-35-25-23-33-66(63)68)88(123)103-69(41-56(2)3)86(121)106-75(85(120)99-51-79(96)114)54-131-55-82(117)102-74(42-58-26-16-13-17-27-58)92(127)112(10)78(94(129)110(76)8)45-60-30-20-15-21-31-60/h13-35,37-40,49-50,56-57,69-78,84,97-98,113H,11-12,36,41-48,51-55H2,1-10H3,(H2,96,114)(H,99,120)(H,100,115)(H,101,116)(H,102,117)(H,103,123)(H,104,122)(H,105,125)(H,106,121)(H,107,124)(H,118,119)/t69-,70-,71-,72-,73-,74-,75-,76-,77-,78-,84-/m0/s1. The topological polar surface area (TPSA) is 496 Å². The summed E-state index contributed by atoms with van der Waals surface area (Å²) in [5.74, 6) is -17.0. The van der Waals surface area contributed by atoms with Gasteiger partial charge in [-0.25, -0.2) is 0 Å². The molecule has 35 nitrogen and oxygen atoms in total. The highest BCUT2D eigenvalue weighted by atomic mass is 32.2. The van der Waals surface area contributed by atoms with Gasteiger partial charge in [-0.05, 0) is 82.3 Å². The Kier molecular flexibility index (Phi) is 37.3. The summed E-state index contributed by atoms with van der Waals surface area (Å²) in [6.07, 6.45) is 1.93. The number of aromatic amines is 2. The summed E-state index contributed by atoms with van der Waals surface area (Å²) < 4.78 is 0. The lowest BCUT2D eigenvalue weighted by molar-refractivity contribution is -0.151. The summed E-state index contributed by atoms with van der Waals surface area (Å²) in [5, 5.41) is 46.2. The van der Waals surface area contributed by atoms with E-state index in [-0.39, 0.29) is 68.8 Å². The molecule has 0 spiro atoms. The maximum Gasteiger partial charge on any atom is 0.305 e. The second-order valence-electron chi connectivity index (χ2n) is 33.8. The van der Waals surface area contributed by atoms with Crippen LogP contribution in [0, 0.1) is 11.8 Å². The van der Waals surface area contributed by atoms with Crippen LogP contribution in [0.3, 0.4) is 0 Å². The number of nitrogens with zero attached hydrogens (tertiary/aromatic N) is 5. The minimum absolute atomic E-state index is 0.0340. The first-order chi connectivity index (χ1) is 62.5. The molecule has 1 saturated heterocycles. The molecule has 8 aromatic rings. The summed E-state index contributed by atoms with van der Waals surface area (Å²) in [4.78, 5) is 248. The third kappa shape index (κ3) is 29.3. The number of carbonyl (C=O) groups excluding carboxylic acids is 15. The lowest BCUT2D eigenvalue weighted by atomic mass is 9.98. The van der Waals surface area contributed by atoms with E-state index in [2.05, 4.69) is 57.8 Å². The normalized spacial score (nSPS) is 21.8. The molecule has 0 aliphatic carbocycles. The van der Waals surface area contributed by atoms with Gasteiger partial charge in [-0.1, -0.05) is 187 Å². The number of aliphatic carboxylic acids is 1. The highest BCUT2D eigenvalue weighted by Gasteiger charge is 2.42. The zero-order valence-corrected chi connectivity index (χ0v) is 76.0. The van der Waals surface area contributed by atoms with Gasteiger partial charge in [0.1, 0.15) is 72.2 Å². The Hall–Kier alpha value is -13.9. The number of primary amides is 1. The molecule has 15 amide bonds. The second kappa shape index (κ2) is 48.5. The fourth-order valence-electron chi connectivity index (χ4n) is 15.6. The maximum atomic E-state index is 15.6. The number of nitrogens with one attached hydrogen (secondary N) is 11. The van der Waals surface area contributed by atoms with Gasteiger partial charge in [0, 0.05) is 114 Å². The number of rotatable bonds is 23. The third-order valence-electron chi connectivity index (χ3n) is 22.8. The van der Waals surface area contributed by atoms with Crippen molar-refractivity contribution in [2.24, 2.45) is 17.6 Å². The maximum absolute atomic E-state index is 15.6. The van der Waals surface area contributed by atoms with Crippen LogP contribution >= 0.6 is 11.8 Å². The lowest BCUT2D eigenvalue weighted by Gasteiger charge is -2.37. The van der Waals surface area contributed by atoms with Gasteiger partial charge >= 0.3 is 5.97 Å². The summed E-state index contributed by atoms with van der Waals surface area (Å²) in [6.45, 7) is 6.27. The molecule has 36 heteroatoms. The Morgan fingerprint density at radius 3 is 1.40 bits per heavy atom. The van der Waals surface area contributed by atoms with Crippen molar-refractivity contribution in [2.45, 2.75) is 172 Å². The quantitative estimate of drug-likeness (QED) is 0.0437. The number of thioether (sulfide) groups is 1. The smallest absolute Gasteiger partial charge is 0.305 e. The first-order valence-electron chi connectivity index (χ1n) is 43.5. The first kappa shape index (κ1) is 101. The van der Waals surface area contributed by atoms with Crippen LogP contribution in [-0.4, -0.2) is 272 Å². The number of unbranched alkanes of at least 4 members (excludes halogenated alkanes) is 1. The number of para-hydroxylation sites is 2. The van der Waals surface area contributed by atoms with Gasteiger partial charge in [0.25, 0.3) is 0 Å². The van der Waals surface area contributed by atoms with Crippen LogP contribution in [0.4, 0.5) is 0 Å². The number of phenols is 1. The van der Waals surface area contributed by atoms with Gasteiger partial charge in [-0.2, -0.15) is 0 Å². The zero-order valence-electron chi connectivity index (χ0n) is 75.2. The molecule has 6 aromatic carbocycles. The second-order valence-corrected chi connectivity index (χ2v) is 34.8. The molecule has 698 valence electrons. The molecular formula is C95H119N17O18S. The highest BCUT2D eigenvalue weighted by molar-refractivity contribution is 8.00. The van der Waals surface area contributed by atoms with Gasteiger partial charge in [-0.3, -0.25) is 76.7 Å². The number of likely N-dealkylation sites (N-methyl/N-ethyl adjacent to an activating group) is 5. The number of carboxylic acids is 1. The molecule has 9 rings (SSSR count). The van der Waals surface area contributed by atoms with E-state index in [0.29, 0.717) is 68.0 Å². The van der Waals surface area contributed by atoms with E-state index in [1.54, 1.807) is 180 Å². The molecular weight excluding hydrogens is 1700 g/mol. The van der Waals surface area contributed by atoms with Crippen molar-refractivity contribution in [1.82, 2.24) is 82.3 Å². The van der Waals surface area contributed by atoms with Crippen LogP contribution in [0.2, 0.25) is 0 Å². The van der Waals surface area contributed by atoms with Crippen LogP contribution in [0.1, 0.15) is 100 Å². The summed E-state index contributed by atoms with van der Waals surface area (Å²) in [5.41, 5.74) is 10.0. The summed E-state index contributed by atoms with van der Waals surface area (Å²) in [6, 6.07) is 29.1. The largest absolute Gasteiger partial charge is 0.508 e. The van der Waals surface area contributed by atoms with E-state index < -0.39 is 199 Å². The summed E-state index contributed by atoms with van der Waals surface area (Å²) >= 11 is 0.845. The molecule has 0 saturated carbocycles. The predicted octanol–water partition coefficient (Wildman–Crippen LogP) is 3.10. The minimum Gasteiger partial charge on any atom is -0.508 e. The van der Waals surface area contributed by atoms with Crippen molar-refractivity contribution >= 4 is 128 Å². The molecule has 131 heavy (non-hydrogen) atoms. The van der Waals surface area contributed by atoms with Crippen molar-refractivity contribution in [3.63, 3.8) is 0 Å². The van der Waals surface area contributed by atoms with Crippen molar-refractivity contribution in [3.8, 4) is 5.75 Å². The van der Waals surface area contributed by atoms with E-state index in [9.17, 15) is 43.8 Å². The third-order valence-corrected chi connectivity index (χ3v) is 23.8. The van der Waals surface area contributed by atoms with E-state index >= 15 is 43.2 Å². The van der Waals surface area contributed by atoms with Crippen molar-refractivity contribution in [2.75, 3.05) is 66.4 Å². The number of carbonyl (C=O) groups is 16. The Morgan fingerprint density at radius 2 is 0.885 bits per heavy atom. The average Bonchev–Trinajstić information content (AvgIpc) is 1.24. The summed E-state index contributed by atoms with van der Waals surface area (Å²) in [7, 11) is 6.58. The van der Waals surface area contributed by atoms with E-state index in [1.165, 1.54) is 69.3 Å². The van der Waals surface area contributed by atoms with Gasteiger partial charge < -0.3 is 98.3 Å². The highest BCUT2D eigenvalue weighted by Crippen LogP contribution is 2.26. The number of H-pyrrole nitrogens is 2. The van der Waals surface area contributed by atoms with Crippen LogP contribution in [0.5, 0.6) is 5.75 Å². The number of fused-ring (bicyclic) bond motifs is 2. The fraction of sp³-hybridized carbons (Fsp3) is 0.411. The molecule has 0 radical (unpaired) electrons. The molecule has 3 heterocycles. The number of aromatic nitrogens is 2.